The van der Waals surface area contributed by atoms with Crippen molar-refractivity contribution in [3.8, 4) is 0 Å². The standard InChI is InChI=1S/C18H32N2O/c1-4-5-6-7-8-9-12-21-15-18-11-10-17(14-20-18)13-19-16(2)3/h10-11,14,16,19H,4-9,12-13,15H2,1-3H3. The van der Waals surface area contributed by atoms with E-state index in [0.717, 1.165) is 18.8 Å². The Kier molecular flexibility index (Phi) is 10.1. The second-order valence-electron chi connectivity index (χ2n) is 6.01. The number of ether oxygens (including phenoxy) is 1. The van der Waals surface area contributed by atoms with E-state index in [4.69, 9.17) is 4.74 Å². The van der Waals surface area contributed by atoms with Gasteiger partial charge in [0.25, 0.3) is 0 Å². The van der Waals surface area contributed by atoms with Crippen molar-refractivity contribution >= 4 is 0 Å². The Morgan fingerprint density at radius 2 is 1.86 bits per heavy atom. The van der Waals surface area contributed by atoms with E-state index in [1.54, 1.807) is 0 Å². The summed E-state index contributed by atoms with van der Waals surface area (Å²) in [6, 6.07) is 4.70. The second-order valence-corrected chi connectivity index (χ2v) is 6.01. The van der Waals surface area contributed by atoms with Crippen LogP contribution in [0, 0.1) is 0 Å². The average Bonchev–Trinajstić information content (AvgIpc) is 2.49. The van der Waals surface area contributed by atoms with Crippen molar-refractivity contribution in [3.05, 3.63) is 29.6 Å². The minimum atomic E-state index is 0.505. The molecule has 0 saturated heterocycles. The molecule has 1 heterocycles. The lowest BCUT2D eigenvalue weighted by Crippen LogP contribution is -2.21. The topological polar surface area (TPSA) is 34.1 Å². The van der Waals surface area contributed by atoms with Crippen LogP contribution in [0.25, 0.3) is 0 Å². The van der Waals surface area contributed by atoms with Gasteiger partial charge in [0.05, 0.1) is 12.3 Å². The van der Waals surface area contributed by atoms with E-state index in [-0.39, 0.29) is 0 Å². The normalized spacial score (nSPS) is 11.2. The van der Waals surface area contributed by atoms with Gasteiger partial charge in [0.1, 0.15) is 0 Å². The lowest BCUT2D eigenvalue weighted by Gasteiger charge is -2.08. The number of unbranched alkanes of at least 4 members (excludes halogenated alkanes) is 5. The predicted octanol–water partition coefficient (Wildman–Crippen LogP) is 4.46. The Morgan fingerprint density at radius 1 is 1.10 bits per heavy atom. The Labute approximate surface area is 130 Å². The first-order valence-electron chi connectivity index (χ1n) is 8.47. The number of rotatable bonds is 12. The molecule has 21 heavy (non-hydrogen) atoms. The average molecular weight is 292 g/mol. The van der Waals surface area contributed by atoms with Gasteiger partial charge >= 0.3 is 0 Å². The summed E-state index contributed by atoms with van der Waals surface area (Å²) < 4.78 is 5.69. The zero-order valence-corrected chi connectivity index (χ0v) is 14.0. The van der Waals surface area contributed by atoms with Crippen molar-refractivity contribution in [1.29, 1.82) is 0 Å². The molecule has 3 heteroatoms. The minimum Gasteiger partial charge on any atom is -0.375 e. The molecular formula is C18H32N2O. The van der Waals surface area contributed by atoms with E-state index in [1.807, 2.05) is 6.20 Å². The molecule has 1 aromatic rings. The number of nitrogens with one attached hydrogen (secondary N) is 1. The van der Waals surface area contributed by atoms with Crippen molar-refractivity contribution in [2.75, 3.05) is 6.61 Å². The maximum absolute atomic E-state index is 5.69. The lowest BCUT2D eigenvalue weighted by atomic mass is 10.1. The Balaban J connectivity index is 2.07. The summed E-state index contributed by atoms with van der Waals surface area (Å²) >= 11 is 0. The molecule has 0 radical (unpaired) electrons. The molecule has 0 bridgehead atoms. The van der Waals surface area contributed by atoms with Crippen LogP contribution in [0.5, 0.6) is 0 Å². The molecule has 0 aliphatic heterocycles. The highest BCUT2D eigenvalue weighted by Crippen LogP contribution is 2.06. The summed E-state index contributed by atoms with van der Waals surface area (Å²) in [5.74, 6) is 0. The van der Waals surface area contributed by atoms with Crippen molar-refractivity contribution in [2.24, 2.45) is 0 Å². The lowest BCUT2D eigenvalue weighted by molar-refractivity contribution is 0.114. The summed E-state index contributed by atoms with van der Waals surface area (Å²) in [6.45, 7) is 8.91. The van der Waals surface area contributed by atoms with Gasteiger partial charge in [-0.3, -0.25) is 4.98 Å². The first-order valence-corrected chi connectivity index (χ1v) is 8.47. The molecule has 0 saturated carbocycles. The van der Waals surface area contributed by atoms with Crippen LogP contribution in [-0.2, 0) is 17.9 Å². The molecule has 0 aromatic carbocycles. The van der Waals surface area contributed by atoms with Gasteiger partial charge in [0, 0.05) is 25.4 Å². The molecule has 1 rings (SSSR count). The molecule has 1 aromatic heterocycles. The first kappa shape index (κ1) is 18.1. The number of aromatic nitrogens is 1. The molecule has 0 unspecified atom stereocenters. The molecule has 0 atom stereocenters. The van der Waals surface area contributed by atoms with Crippen molar-refractivity contribution in [1.82, 2.24) is 10.3 Å². The van der Waals surface area contributed by atoms with Crippen LogP contribution >= 0.6 is 0 Å². The van der Waals surface area contributed by atoms with E-state index in [9.17, 15) is 0 Å². The van der Waals surface area contributed by atoms with E-state index in [0.29, 0.717) is 12.6 Å². The summed E-state index contributed by atoms with van der Waals surface area (Å²) in [6.07, 6.45) is 9.77. The number of hydrogen-bond acceptors (Lipinski definition) is 3. The van der Waals surface area contributed by atoms with Crippen LogP contribution in [-0.4, -0.2) is 17.6 Å². The van der Waals surface area contributed by atoms with Crippen LogP contribution in [0.2, 0.25) is 0 Å². The number of nitrogens with zero attached hydrogens (tertiary/aromatic N) is 1. The fourth-order valence-corrected chi connectivity index (χ4v) is 2.13. The van der Waals surface area contributed by atoms with Gasteiger partial charge in [-0.2, -0.15) is 0 Å². The zero-order valence-electron chi connectivity index (χ0n) is 14.0. The largest absolute Gasteiger partial charge is 0.375 e. The molecule has 1 N–H and O–H groups in total. The van der Waals surface area contributed by atoms with Gasteiger partial charge < -0.3 is 10.1 Å². The van der Waals surface area contributed by atoms with Crippen molar-refractivity contribution in [2.45, 2.75) is 78.5 Å². The summed E-state index contributed by atoms with van der Waals surface area (Å²) in [5.41, 5.74) is 2.25. The maximum atomic E-state index is 5.69. The van der Waals surface area contributed by atoms with Crippen LogP contribution in [0.3, 0.4) is 0 Å². The quantitative estimate of drug-likeness (QED) is 0.578. The molecular weight excluding hydrogens is 260 g/mol. The molecule has 0 amide bonds. The van der Waals surface area contributed by atoms with E-state index < -0.39 is 0 Å². The summed E-state index contributed by atoms with van der Waals surface area (Å²) in [7, 11) is 0. The van der Waals surface area contributed by atoms with E-state index >= 15 is 0 Å². The molecule has 0 spiro atoms. The van der Waals surface area contributed by atoms with Gasteiger partial charge in [-0.25, -0.2) is 0 Å². The SMILES string of the molecule is CCCCCCCCOCc1ccc(CNC(C)C)cn1. The Bertz CT molecular complexity index is 349. The molecule has 3 nitrogen and oxygen atoms in total. The van der Waals surface area contributed by atoms with Gasteiger partial charge in [-0.15, -0.1) is 0 Å². The van der Waals surface area contributed by atoms with Crippen LogP contribution in [0.4, 0.5) is 0 Å². The Morgan fingerprint density at radius 3 is 2.52 bits per heavy atom. The fraction of sp³-hybridized carbons (Fsp3) is 0.722. The molecule has 0 fully saturated rings. The predicted molar refractivity (Wildman–Crippen MR) is 89.2 cm³/mol. The minimum absolute atomic E-state index is 0.505. The van der Waals surface area contributed by atoms with Crippen LogP contribution in [0.15, 0.2) is 18.3 Å². The van der Waals surface area contributed by atoms with E-state index in [1.165, 1.54) is 44.1 Å². The number of pyridine rings is 1. The van der Waals surface area contributed by atoms with E-state index in [2.05, 4.69) is 43.2 Å². The third-order valence-corrected chi connectivity index (χ3v) is 3.49. The second kappa shape index (κ2) is 11.7. The van der Waals surface area contributed by atoms with Gasteiger partial charge in [-0.05, 0) is 18.1 Å². The zero-order chi connectivity index (χ0) is 15.3. The first-order chi connectivity index (χ1) is 10.2. The summed E-state index contributed by atoms with van der Waals surface area (Å²) in [5, 5.41) is 3.39. The third-order valence-electron chi connectivity index (χ3n) is 3.49. The summed E-state index contributed by atoms with van der Waals surface area (Å²) in [4.78, 5) is 4.45. The van der Waals surface area contributed by atoms with Crippen LogP contribution in [0.1, 0.15) is 70.6 Å². The maximum Gasteiger partial charge on any atom is 0.0887 e. The molecule has 0 aliphatic rings. The van der Waals surface area contributed by atoms with Crippen molar-refractivity contribution < 1.29 is 4.74 Å². The number of hydrogen-bond donors (Lipinski definition) is 1. The van der Waals surface area contributed by atoms with Gasteiger partial charge in [0.2, 0.25) is 0 Å². The highest BCUT2D eigenvalue weighted by molar-refractivity contribution is 5.13. The highest BCUT2D eigenvalue weighted by atomic mass is 16.5. The van der Waals surface area contributed by atoms with Gasteiger partial charge in [0.15, 0.2) is 0 Å². The molecule has 0 aliphatic carbocycles. The molecule has 120 valence electrons. The smallest absolute Gasteiger partial charge is 0.0887 e. The highest BCUT2D eigenvalue weighted by Gasteiger charge is 1.98. The van der Waals surface area contributed by atoms with Gasteiger partial charge in [-0.1, -0.05) is 58.9 Å². The third kappa shape index (κ3) is 9.59. The Hall–Kier alpha value is -0.930. The monoisotopic (exact) mass is 292 g/mol. The fourth-order valence-electron chi connectivity index (χ4n) is 2.13. The van der Waals surface area contributed by atoms with Crippen LogP contribution < -0.4 is 5.32 Å². The van der Waals surface area contributed by atoms with Crippen molar-refractivity contribution in [3.63, 3.8) is 0 Å².